The molecule has 0 fully saturated rings. The number of amides is 1. The van der Waals surface area contributed by atoms with Gasteiger partial charge in [0.25, 0.3) is 5.91 Å². The van der Waals surface area contributed by atoms with Crippen molar-refractivity contribution in [2.45, 2.75) is 52.7 Å². The Kier molecular flexibility index (Phi) is 6.32. The molecule has 6 heteroatoms. The average molecular weight is 393 g/mol. The molecule has 1 unspecified atom stereocenters. The first-order valence-corrected chi connectivity index (χ1v) is 9.93. The number of nitrogens with zero attached hydrogens (tertiary/aromatic N) is 3. The Bertz CT molecular complexity index is 964. The van der Waals surface area contributed by atoms with Gasteiger partial charge in [-0.1, -0.05) is 32.0 Å². The number of pyridine rings is 1. The molecule has 0 radical (unpaired) electrons. The summed E-state index contributed by atoms with van der Waals surface area (Å²) in [5.74, 6) is 1.45. The number of carbonyl (C=O) groups is 1. The summed E-state index contributed by atoms with van der Waals surface area (Å²) in [4.78, 5) is 17.4. The predicted octanol–water partition coefficient (Wildman–Crippen LogP) is 4.67. The highest BCUT2D eigenvalue weighted by atomic mass is 16.5. The largest absolute Gasteiger partial charge is 0.491 e. The zero-order chi connectivity index (χ0) is 21.0. The third-order valence-electron chi connectivity index (χ3n) is 4.54. The van der Waals surface area contributed by atoms with Gasteiger partial charge < -0.3 is 10.1 Å². The molecule has 3 rings (SSSR count). The van der Waals surface area contributed by atoms with Crippen molar-refractivity contribution in [1.82, 2.24) is 20.1 Å². The molecule has 1 aromatic carbocycles. The van der Waals surface area contributed by atoms with E-state index in [1.54, 1.807) is 17.1 Å². The van der Waals surface area contributed by atoms with Gasteiger partial charge in [-0.2, -0.15) is 5.10 Å². The molecule has 1 atom stereocenters. The van der Waals surface area contributed by atoms with Crippen molar-refractivity contribution in [3.8, 4) is 11.6 Å². The fraction of sp³-hybridized carbons (Fsp3) is 0.348. The Morgan fingerprint density at radius 1 is 1.07 bits per heavy atom. The SMILES string of the molecule is CC(C)Oc1cccc(C(C)NC(=O)c2cnn(-c3ccccn3)c2C(C)C)c1. The molecule has 6 nitrogen and oxygen atoms in total. The summed E-state index contributed by atoms with van der Waals surface area (Å²) in [6, 6.07) is 13.3. The van der Waals surface area contributed by atoms with Gasteiger partial charge in [0.1, 0.15) is 5.75 Å². The first-order valence-electron chi connectivity index (χ1n) is 9.93. The monoisotopic (exact) mass is 392 g/mol. The number of rotatable bonds is 7. The van der Waals surface area contributed by atoms with E-state index in [2.05, 4.69) is 15.4 Å². The third-order valence-corrected chi connectivity index (χ3v) is 4.54. The summed E-state index contributed by atoms with van der Waals surface area (Å²) in [5.41, 5.74) is 2.39. The van der Waals surface area contributed by atoms with E-state index >= 15 is 0 Å². The van der Waals surface area contributed by atoms with E-state index in [0.717, 1.165) is 17.0 Å². The zero-order valence-corrected chi connectivity index (χ0v) is 17.6. The maximum atomic E-state index is 13.0. The maximum absolute atomic E-state index is 13.0. The van der Waals surface area contributed by atoms with Gasteiger partial charge in [0, 0.05) is 6.20 Å². The van der Waals surface area contributed by atoms with Crippen LogP contribution < -0.4 is 10.1 Å². The van der Waals surface area contributed by atoms with E-state index in [-0.39, 0.29) is 24.0 Å². The number of hydrogen-bond acceptors (Lipinski definition) is 4. The molecule has 152 valence electrons. The van der Waals surface area contributed by atoms with Gasteiger partial charge in [-0.25, -0.2) is 9.67 Å². The number of carbonyl (C=O) groups excluding carboxylic acids is 1. The standard InChI is InChI=1S/C23H28N4O2/c1-15(2)22-20(14-25-27(22)21-11-6-7-12-24-21)23(28)26-17(5)18-9-8-10-19(13-18)29-16(3)4/h6-17H,1-5H3,(H,26,28). The van der Waals surface area contributed by atoms with Crippen molar-refractivity contribution in [3.63, 3.8) is 0 Å². The summed E-state index contributed by atoms with van der Waals surface area (Å²) in [7, 11) is 0. The molecular formula is C23H28N4O2. The lowest BCUT2D eigenvalue weighted by Crippen LogP contribution is -2.27. The first kappa shape index (κ1) is 20.6. The van der Waals surface area contributed by atoms with Crippen molar-refractivity contribution in [2.24, 2.45) is 0 Å². The highest BCUT2D eigenvalue weighted by molar-refractivity contribution is 5.95. The molecule has 0 aliphatic carbocycles. The minimum Gasteiger partial charge on any atom is -0.491 e. The Morgan fingerprint density at radius 3 is 2.52 bits per heavy atom. The minimum absolute atomic E-state index is 0.0983. The van der Waals surface area contributed by atoms with Crippen molar-refractivity contribution in [3.05, 3.63) is 71.7 Å². The Labute approximate surface area is 171 Å². The summed E-state index contributed by atoms with van der Waals surface area (Å²) >= 11 is 0. The van der Waals surface area contributed by atoms with Crippen LogP contribution in [0.2, 0.25) is 0 Å². The molecule has 0 spiro atoms. The summed E-state index contributed by atoms with van der Waals surface area (Å²) in [6.45, 7) is 10.0. The topological polar surface area (TPSA) is 69.0 Å². The van der Waals surface area contributed by atoms with Gasteiger partial charge in [-0.3, -0.25) is 4.79 Å². The molecule has 1 N–H and O–H groups in total. The molecule has 29 heavy (non-hydrogen) atoms. The van der Waals surface area contributed by atoms with E-state index < -0.39 is 0 Å². The normalized spacial score (nSPS) is 12.2. The van der Waals surface area contributed by atoms with Crippen molar-refractivity contribution < 1.29 is 9.53 Å². The smallest absolute Gasteiger partial charge is 0.255 e. The zero-order valence-electron chi connectivity index (χ0n) is 17.6. The number of benzene rings is 1. The highest BCUT2D eigenvalue weighted by Gasteiger charge is 2.22. The summed E-state index contributed by atoms with van der Waals surface area (Å²) in [6.07, 6.45) is 3.43. The van der Waals surface area contributed by atoms with E-state index in [9.17, 15) is 4.79 Å². The molecule has 0 bridgehead atoms. The lowest BCUT2D eigenvalue weighted by molar-refractivity contribution is 0.0938. The third kappa shape index (κ3) is 4.83. The molecule has 0 aliphatic heterocycles. The van der Waals surface area contributed by atoms with Crippen LogP contribution in [0.5, 0.6) is 5.75 Å². The van der Waals surface area contributed by atoms with Crippen LogP contribution in [0.15, 0.2) is 54.9 Å². The minimum atomic E-state index is -0.170. The first-order chi connectivity index (χ1) is 13.9. The second-order valence-corrected chi connectivity index (χ2v) is 7.63. The van der Waals surface area contributed by atoms with Crippen LogP contribution in [0.25, 0.3) is 5.82 Å². The Hall–Kier alpha value is -3.15. The number of ether oxygens (including phenoxy) is 1. The number of aromatic nitrogens is 3. The van der Waals surface area contributed by atoms with Gasteiger partial charge in [0.15, 0.2) is 5.82 Å². The number of nitrogens with one attached hydrogen (secondary N) is 1. The summed E-state index contributed by atoms with van der Waals surface area (Å²) < 4.78 is 7.50. The average Bonchev–Trinajstić information content (AvgIpc) is 3.14. The van der Waals surface area contributed by atoms with Gasteiger partial charge in [0.2, 0.25) is 0 Å². The number of hydrogen-bond donors (Lipinski definition) is 1. The lowest BCUT2D eigenvalue weighted by atomic mass is 10.0. The van der Waals surface area contributed by atoms with Crippen LogP contribution in [-0.4, -0.2) is 26.8 Å². The fourth-order valence-electron chi connectivity index (χ4n) is 3.24. The molecule has 0 aliphatic rings. The van der Waals surface area contributed by atoms with Gasteiger partial charge in [0.05, 0.1) is 29.6 Å². The van der Waals surface area contributed by atoms with Crippen LogP contribution in [0.4, 0.5) is 0 Å². The molecule has 0 saturated heterocycles. The molecule has 3 aromatic rings. The van der Waals surface area contributed by atoms with E-state index in [4.69, 9.17) is 4.74 Å². The summed E-state index contributed by atoms with van der Waals surface area (Å²) in [5, 5.41) is 7.51. The molecule has 2 heterocycles. The molecule has 0 saturated carbocycles. The predicted molar refractivity (Wildman–Crippen MR) is 114 cm³/mol. The second-order valence-electron chi connectivity index (χ2n) is 7.63. The van der Waals surface area contributed by atoms with Crippen molar-refractivity contribution in [1.29, 1.82) is 0 Å². The quantitative estimate of drug-likeness (QED) is 0.634. The van der Waals surface area contributed by atoms with Crippen LogP contribution >= 0.6 is 0 Å². The van der Waals surface area contributed by atoms with Crippen LogP contribution in [0.1, 0.15) is 68.2 Å². The van der Waals surface area contributed by atoms with E-state index in [0.29, 0.717) is 11.4 Å². The van der Waals surface area contributed by atoms with E-state index in [1.165, 1.54) is 0 Å². The van der Waals surface area contributed by atoms with Crippen LogP contribution in [-0.2, 0) is 0 Å². The van der Waals surface area contributed by atoms with Gasteiger partial charge >= 0.3 is 0 Å². The van der Waals surface area contributed by atoms with E-state index in [1.807, 2.05) is 77.1 Å². The van der Waals surface area contributed by atoms with Crippen molar-refractivity contribution in [2.75, 3.05) is 0 Å². The maximum Gasteiger partial charge on any atom is 0.255 e. The fourth-order valence-corrected chi connectivity index (χ4v) is 3.24. The molecular weight excluding hydrogens is 364 g/mol. The van der Waals surface area contributed by atoms with Crippen LogP contribution in [0.3, 0.4) is 0 Å². The van der Waals surface area contributed by atoms with Crippen LogP contribution in [0, 0.1) is 0 Å². The van der Waals surface area contributed by atoms with Gasteiger partial charge in [-0.15, -0.1) is 0 Å². The van der Waals surface area contributed by atoms with Gasteiger partial charge in [-0.05, 0) is 56.5 Å². The Morgan fingerprint density at radius 2 is 1.86 bits per heavy atom. The lowest BCUT2D eigenvalue weighted by Gasteiger charge is -2.17. The second kappa shape index (κ2) is 8.90. The molecule has 1 amide bonds. The Balaban J connectivity index is 1.83. The molecule has 2 aromatic heterocycles. The highest BCUT2D eigenvalue weighted by Crippen LogP contribution is 2.24. The van der Waals surface area contributed by atoms with Crippen molar-refractivity contribution >= 4 is 5.91 Å².